The van der Waals surface area contributed by atoms with Crippen molar-refractivity contribution >= 4 is 33.3 Å². The number of aromatic nitrogens is 2. The van der Waals surface area contributed by atoms with Crippen LogP contribution in [0.3, 0.4) is 0 Å². The van der Waals surface area contributed by atoms with Crippen molar-refractivity contribution in [3.8, 4) is 5.75 Å². The zero-order chi connectivity index (χ0) is 26.3. The number of aryl methyl sites for hydroxylation is 1. The molecule has 1 aromatic heterocycles. The molecule has 9 heteroatoms. The Morgan fingerprint density at radius 3 is 2.49 bits per heavy atom. The monoisotopic (exact) mass is 523 g/mol. The van der Waals surface area contributed by atoms with Gasteiger partial charge in [0, 0.05) is 18.5 Å². The second-order valence-corrected chi connectivity index (χ2v) is 12.0. The van der Waals surface area contributed by atoms with Crippen LogP contribution in [0.5, 0.6) is 5.75 Å². The molecule has 0 aliphatic rings. The molecule has 1 heterocycles. The van der Waals surface area contributed by atoms with E-state index < -0.39 is 27.4 Å². The zero-order valence-electron chi connectivity index (χ0n) is 21.5. The Labute approximate surface area is 214 Å². The van der Waals surface area contributed by atoms with E-state index in [2.05, 4.69) is 21.3 Å². The molecule has 0 bridgehead atoms. The minimum atomic E-state index is -1.60. The first-order valence-corrected chi connectivity index (χ1v) is 13.7. The molecule has 1 N–H and O–H groups in total. The minimum Gasteiger partial charge on any atom is -0.457 e. The third-order valence-electron chi connectivity index (χ3n) is 5.64. The number of halogens is 2. The molecule has 0 aliphatic heterocycles. The van der Waals surface area contributed by atoms with Crippen LogP contribution in [0.25, 0.3) is 4.91 Å². The predicted molar refractivity (Wildman–Crippen MR) is 143 cm³/mol. The summed E-state index contributed by atoms with van der Waals surface area (Å²) in [7, 11) is -1.60. The molecule has 0 saturated carbocycles. The number of benzene rings is 1. The lowest BCUT2D eigenvalue weighted by atomic mass is 10.1. The van der Waals surface area contributed by atoms with Crippen molar-refractivity contribution in [1.29, 1.82) is 0 Å². The van der Waals surface area contributed by atoms with E-state index in [-0.39, 0.29) is 17.4 Å². The highest BCUT2D eigenvalue weighted by molar-refractivity contribution is 8.11. The van der Waals surface area contributed by atoms with Gasteiger partial charge in [0.2, 0.25) is 5.82 Å². The molecule has 2 aromatic rings. The van der Waals surface area contributed by atoms with Gasteiger partial charge in [-0.05, 0) is 56.7 Å². The van der Waals surface area contributed by atoms with Gasteiger partial charge in [-0.25, -0.2) is 18.6 Å². The number of nitrogens with zero attached hydrogens (tertiary/aromatic N) is 2. The smallest absolute Gasteiger partial charge is 0.203 e. The topological polar surface area (TPSA) is 64.1 Å². The molecule has 1 aromatic carbocycles. The summed E-state index contributed by atoms with van der Waals surface area (Å²) in [6.07, 6.45) is 3.64. The first-order chi connectivity index (χ1) is 16.4. The SMILES string of the molecule is C=C(C)S/C(=C(/Oc1ccc(NS(=O)C(C)(C)CC)c(F)c1F)C(C)CC)c1ccnc(CC)n1. The van der Waals surface area contributed by atoms with E-state index >= 15 is 4.39 Å². The summed E-state index contributed by atoms with van der Waals surface area (Å²) in [5.74, 6) is -1.53. The van der Waals surface area contributed by atoms with Crippen molar-refractivity contribution in [2.24, 2.45) is 5.92 Å². The van der Waals surface area contributed by atoms with Crippen LogP contribution in [0, 0.1) is 17.6 Å². The summed E-state index contributed by atoms with van der Waals surface area (Å²) < 4.78 is 50.8. The van der Waals surface area contributed by atoms with E-state index in [4.69, 9.17) is 4.74 Å². The van der Waals surface area contributed by atoms with Crippen molar-refractivity contribution in [1.82, 2.24) is 9.97 Å². The number of hydrogen-bond acceptors (Lipinski definition) is 5. The number of thioether (sulfide) groups is 1. The van der Waals surface area contributed by atoms with E-state index in [1.165, 1.54) is 23.9 Å². The lowest BCUT2D eigenvalue weighted by Gasteiger charge is -2.23. The molecule has 0 amide bonds. The predicted octanol–water partition coefficient (Wildman–Crippen LogP) is 7.64. The van der Waals surface area contributed by atoms with Crippen molar-refractivity contribution in [2.45, 2.75) is 72.5 Å². The average molecular weight is 524 g/mol. The van der Waals surface area contributed by atoms with Crippen LogP contribution < -0.4 is 9.46 Å². The van der Waals surface area contributed by atoms with Crippen molar-refractivity contribution in [2.75, 3.05) is 4.72 Å². The first kappa shape index (κ1) is 29.0. The Morgan fingerprint density at radius 2 is 1.91 bits per heavy atom. The highest BCUT2D eigenvalue weighted by Gasteiger charge is 2.27. The molecule has 0 radical (unpaired) electrons. The van der Waals surface area contributed by atoms with Gasteiger partial charge in [0.15, 0.2) is 11.6 Å². The summed E-state index contributed by atoms with van der Waals surface area (Å²) in [6.45, 7) is 17.2. The van der Waals surface area contributed by atoms with Crippen LogP contribution >= 0.6 is 11.8 Å². The van der Waals surface area contributed by atoms with Crippen LogP contribution in [0.15, 0.2) is 41.6 Å². The third-order valence-corrected chi connectivity index (χ3v) is 8.30. The normalized spacial score (nSPS) is 14.2. The Hall–Kier alpha value is -2.26. The standard InChI is InChI=1S/C26H35F2N3O2S2/c1-9-17(6)24(25(34-16(4)5)19-14-15-29-21(10-2)30-19)33-20-13-12-18(22(27)23(20)28)31-35(32)26(7,8)11-3/h12-15,17,31H,4,9-11H2,1-3,5-8H3/b25-24+. The molecule has 0 fully saturated rings. The van der Waals surface area contributed by atoms with Crippen LogP contribution in [0.2, 0.25) is 0 Å². The Kier molecular flexibility index (Phi) is 10.5. The van der Waals surface area contributed by atoms with E-state index in [9.17, 15) is 8.60 Å². The van der Waals surface area contributed by atoms with Crippen LogP contribution in [0.4, 0.5) is 14.5 Å². The second kappa shape index (κ2) is 12.6. The third kappa shape index (κ3) is 7.36. The zero-order valence-corrected chi connectivity index (χ0v) is 23.1. The fraction of sp³-hybridized carbons (Fsp3) is 0.462. The van der Waals surface area contributed by atoms with Crippen molar-refractivity contribution in [3.05, 3.63) is 64.8 Å². The van der Waals surface area contributed by atoms with Gasteiger partial charge in [0.05, 0.1) is 21.0 Å². The van der Waals surface area contributed by atoms with Gasteiger partial charge in [-0.2, -0.15) is 4.39 Å². The number of ether oxygens (including phenoxy) is 1. The Bertz CT molecular complexity index is 1120. The van der Waals surface area contributed by atoms with Crippen molar-refractivity contribution < 1.29 is 17.7 Å². The van der Waals surface area contributed by atoms with Gasteiger partial charge in [0.1, 0.15) is 22.6 Å². The van der Waals surface area contributed by atoms with Crippen LogP contribution in [-0.2, 0) is 17.4 Å². The maximum absolute atomic E-state index is 15.2. The molecule has 192 valence electrons. The number of nitrogens with one attached hydrogen (secondary N) is 1. The highest BCUT2D eigenvalue weighted by Crippen LogP contribution is 2.40. The van der Waals surface area contributed by atoms with E-state index in [0.29, 0.717) is 41.4 Å². The van der Waals surface area contributed by atoms with Gasteiger partial charge >= 0.3 is 0 Å². The average Bonchev–Trinajstić information content (AvgIpc) is 2.84. The van der Waals surface area contributed by atoms with Crippen molar-refractivity contribution in [3.63, 3.8) is 0 Å². The molecule has 0 spiro atoms. The Morgan fingerprint density at radius 1 is 1.23 bits per heavy atom. The molecule has 0 saturated heterocycles. The van der Waals surface area contributed by atoms with E-state index in [1.807, 2.05) is 34.6 Å². The number of hydrogen-bond donors (Lipinski definition) is 1. The quantitative estimate of drug-likeness (QED) is 0.290. The summed E-state index contributed by atoms with van der Waals surface area (Å²) in [4.78, 5) is 10.4. The largest absolute Gasteiger partial charge is 0.457 e. The van der Waals surface area contributed by atoms with E-state index in [0.717, 1.165) is 4.91 Å². The molecule has 2 unspecified atom stereocenters. The van der Waals surface area contributed by atoms with Gasteiger partial charge in [-0.15, -0.1) is 0 Å². The van der Waals surface area contributed by atoms with Crippen LogP contribution in [-0.4, -0.2) is 18.9 Å². The van der Waals surface area contributed by atoms with Gasteiger partial charge in [-0.3, -0.25) is 0 Å². The molecule has 5 nitrogen and oxygen atoms in total. The Balaban J connectivity index is 2.56. The fourth-order valence-electron chi connectivity index (χ4n) is 2.83. The summed E-state index contributed by atoms with van der Waals surface area (Å²) in [5, 5.41) is 0. The van der Waals surface area contributed by atoms with Crippen LogP contribution in [0.1, 0.15) is 72.8 Å². The van der Waals surface area contributed by atoms with Gasteiger partial charge < -0.3 is 9.46 Å². The van der Waals surface area contributed by atoms with Gasteiger partial charge in [-0.1, -0.05) is 46.0 Å². The summed E-state index contributed by atoms with van der Waals surface area (Å²) in [5.41, 5.74) is 0.459. The fourth-order valence-corrected chi connectivity index (χ4v) is 4.64. The lowest BCUT2D eigenvalue weighted by molar-refractivity contribution is 0.333. The number of rotatable bonds is 12. The number of anilines is 1. The molecular formula is C26H35F2N3O2S2. The molecule has 2 rings (SSSR count). The molecule has 2 atom stereocenters. The second-order valence-electron chi connectivity index (χ2n) is 8.84. The van der Waals surface area contributed by atoms with Gasteiger partial charge in [0.25, 0.3) is 0 Å². The number of allylic oxidation sites excluding steroid dienone is 2. The maximum Gasteiger partial charge on any atom is 0.203 e. The molecular weight excluding hydrogens is 488 g/mol. The lowest BCUT2D eigenvalue weighted by Crippen LogP contribution is -2.30. The maximum atomic E-state index is 15.2. The van der Waals surface area contributed by atoms with E-state index in [1.54, 1.807) is 26.1 Å². The highest BCUT2D eigenvalue weighted by atomic mass is 32.2. The minimum absolute atomic E-state index is 0.116. The first-order valence-electron chi connectivity index (χ1n) is 11.7. The molecule has 0 aliphatic carbocycles. The summed E-state index contributed by atoms with van der Waals surface area (Å²) in [6, 6.07) is 4.46. The molecule has 35 heavy (non-hydrogen) atoms. The summed E-state index contributed by atoms with van der Waals surface area (Å²) >= 11 is 1.37.